The van der Waals surface area contributed by atoms with Crippen LogP contribution in [0.1, 0.15) is 48.5 Å². The molecule has 142 valence electrons. The fourth-order valence-electron chi connectivity index (χ4n) is 3.95. The maximum Gasteiger partial charge on any atom is 0.314 e. The molecule has 0 saturated heterocycles. The van der Waals surface area contributed by atoms with Crippen LogP contribution < -0.4 is 10.1 Å². The molecule has 2 aromatic rings. The van der Waals surface area contributed by atoms with E-state index in [0.29, 0.717) is 30.0 Å². The predicted octanol–water partition coefficient (Wildman–Crippen LogP) is 3.66. The molecule has 0 aliphatic heterocycles. The Bertz CT molecular complexity index is 820. The molecule has 2 N–H and O–H groups in total. The molecule has 2 aliphatic carbocycles. The molecule has 27 heavy (non-hydrogen) atoms. The quantitative estimate of drug-likeness (QED) is 0.600. The van der Waals surface area contributed by atoms with Gasteiger partial charge in [-0.2, -0.15) is 0 Å². The molecule has 0 aromatic heterocycles. The third kappa shape index (κ3) is 3.68. The van der Waals surface area contributed by atoms with Crippen LogP contribution in [-0.2, 0) is 13.0 Å². The van der Waals surface area contributed by atoms with Crippen molar-refractivity contribution >= 4 is 5.69 Å². The van der Waals surface area contributed by atoms with Crippen LogP contribution in [0.15, 0.2) is 42.5 Å². The maximum atomic E-state index is 11.8. The molecule has 0 radical (unpaired) electrons. The highest BCUT2D eigenvalue weighted by Crippen LogP contribution is 2.41. The second kappa shape index (κ2) is 7.66. The molecule has 2 aliphatic rings. The van der Waals surface area contributed by atoms with Crippen LogP contribution in [0.5, 0.6) is 5.75 Å². The Morgan fingerprint density at radius 3 is 2.59 bits per heavy atom. The predicted molar refractivity (Wildman–Crippen MR) is 102 cm³/mol. The van der Waals surface area contributed by atoms with E-state index in [1.807, 2.05) is 30.3 Å². The van der Waals surface area contributed by atoms with Crippen molar-refractivity contribution in [1.29, 1.82) is 0 Å². The number of hydrogen-bond donors (Lipinski definition) is 2. The fourth-order valence-corrected chi connectivity index (χ4v) is 3.95. The molecule has 1 fully saturated rings. The average Bonchev–Trinajstić information content (AvgIpc) is 2.64. The van der Waals surface area contributed by atoms with Crippen molar-refractivity contribution in [3.8, 4) is 5.75 Å². The number of hydrogen-bond acceptors (Lipinski definition) is 5. The Morgan fingerprint density at radius 1 is 1.15 bits per heavy atom. The Morgan fingerprint density at radius 2 is 1.93 bits per heavy atom. The van der Waals surface area contributed by atoms with E-state index in [0.717, 1.165) is 18.4 Å². The van der Waals surface area contributed by atoms with Gasteiger partial charge in [0.2, 0.25) is 0 Å². The van der Waals surface area contributed by atoms with E-state index in [1.165, 1.54) is 6.42 Å². The molecule has 4 rings (SSSR count). The molecule has 0 bridgehead atoms. The van der Waals surface area contributed by atoms with Gasteiger partial charge in [0.25, 0.3) is 0 Å². The summed E-state index contributed by atoms with van der Waals surface area (Å²) in [5.41, 5.74) is 2.19. The van der Waals surface area contributed by atoms with E-state index < -0.39 is 6.10 Å². The van der Waals surface area contributed by atoms with Crippen LogP contribution in [0.3, 0.4) is 0 Å². The highest BCUT2D eigenvalue weighted by molar-refractivity contribution is 5.58. The van der Waals surface area contributed by atoms with E-state index in [4.69, 9.17) is 4.74 Å². The van der Waals surface area contributed by atoms with Crippen LogP contribution in [0, 0.1) is 10.1 Å². The first kappa shape index (κ1) is 17.9. The standard InChI is InChI=1S/C21H24N2O4/c24-21-17-10-12-19(27-13-14-5-2-1-3-6-14)20(23(25)26)16(17)9-11-18(21)22-15-7-4-8-15/h1-3,5-6,10,12,15,18,21-22,24H,4,7-9,11,13H2/t18-,21-/m1/s1. The summed E-state index contributed by atoms with van der Waals surface area (Å²) in [4.78, 5) is 11.4. The average molecular weight is 368 g/mol. The molecule has 6 heteroatoms. The first-order valence-corrected chi connectivity index (χ1v) is 9.54. The third-order valence-electron chi connectivity index (χ3n) is 5.66. The molecular formula is C21H24N2O4. The number of benzene rings is 2. The monoisotopic (exact) mass is 368 g/mol. The van der Waals surface area contributed by atoms with Gasteiger partial charge in [-0.3, -0.25) is 10.1 Å². The Hall–Kier alpha value is -2.44. The highest BCUT2D eigenvalue weighted by Gasteiger charge is 2.36. The van der Waals surface area contributed by atoms with Gasteiger partial charge in [0, 0.05) is 17.6 Å². The second-order valence-electron chi connectivity index (χ2n) is 7.40. The van der Waals surface area contributed by atoms with Crippen molar-refractivity contribution in [2.75, 3.05) is 0 Å². The number of nitrogens with one attached hydrogen (secondary N) is 1. The van der Waals surface area contributed by atoms with Gasteiger partial charge in [-0.1, -0.05) is 42.8 Å². The number of rotatable bonds is 6. The lowest BCUT2D eigenvalue weighted by molar-refractivity contribution is -0.386. The summed E-state index contributed by atoms with van der Waals surface area (Å²) in [6, 6.07) is 13.4. The van der Waals surface area contributed by atoms with Gasteiger partial charge in [-0.05, 0) is 42.9 Å². The van der Waals surface area contributed by atoms with E-state index in [9.17, 15) is 15.2 Å². The number of nitrogens with zero attached hydrogens (tertiary/aromatic N) is 1. The summed E-state index contributed by atoms with van der Waals surface area (Å²) in [5.74, 6) is 0.264. The largest absolute Gasteiger partial charge is 0.482 e. The van der Waals surface area contributed by atoms with E-state index in [-0.39, 0.29) is 29.0 Å². The lowest BCUT2D eigenvalue weighted by atomic mass is 9.83. The Balaban J connectivity index is 1.57. The minimum atomic E-state index is -0.726. The molecule has 0 heterocycles. The Kier molecular flexibility index (Phi) is 5.09. The molecule has 2 aromatic carbocycles. The van der Waals surface area contributed by atoms with Gasteiger partial charge < -0.3 is 15.2 Å². The first-order chi connectivity index (χ1) is 13.1. The zero-order valence-electron chi connectivity index (χ0n) is 15.1. The summed E-state index contributed by atoms with van der Waals surface area (Å²) in [7, 11) is 0. The molecule has 6 nitrogen and oxygen atoms in total. The third-order valence-corrected chi connectivity index (χ3v) is 5.66. The topological polar surface area (TPSA) is 84.6 Å². The number of nitro benzene ring substituents is 1. The first-order valence-electron chi connectivity index (χ1n) is 9.54. The summed E-state index contributed by atoms with van der Waals surface area (Å²) in [6.45, 7) is 0.273. The van der Waals surface area contributed by atoms with Crippen LogP contribution in [0.4, 0.5) is 5.69 Å². The normalized spacial score (nSPS) is 22.0. The number of ether oxygens (including phenoxy) is 1. The van der Waals surface area contributed by atoms with Crippen molar-refractivity contribution in [2.45, 2.75) is 56.9 Å². The van der Waals surface area contributed by atoms with Gasteiger partial charge in [0.15, 0.2) is 5.75 Å². The number of nitro groups is 1. The van der Waals surface area contributed by atoms with Gasteiger partial charge in [0.05, 0.1) is 11.0 Å². The van der Waals surface area contributed by atoms with Gasteiger partial charge in [-0.15, -0.1) is 0 Å². The molecule has 1 saturated carbocycles. The zero-order chi connectivity index (χ0) is 18.8. The summed E-state index contributed by atoms with van der Waals surface area (Å²) >= 11 is 0. The van der Waals surface area contributed by atoms with E-state index in [1.54, 1.807) is 12.1 Å². The van der Waals surface area contributed by atoms with E-state index >= 15 is 0 Å². The number of aliphatic hydroxyl groups is 1. The minimum absolute atomic E-state index is 0.00965. The lowest BCUT2D eigenvalue weighted by Crippen LogP contribution is -2.47. The van der Waals surface area contributed by atoms with Crippen molar-refractivity contribution in [2.24, 2.45) is 0 Å². The number of aliphatic hydroxyl groups excluding tert-OH is 1. The second-order valence-corrected chi connectivity index (χ2v) is 7.40. The molecular weight excluding hydrogens is 344 g/mol. The summed E-state index contributed by atoms with van der Waals surface area (Å²) in [5, 5.41) is 26.0. The van der Waals surface area contributed by atoms with Crippen LogP contribution in [-0.4, -0.2) is 22.1 Å². The summed E-state index contributed by atoms with van der Waals surface area (Å²) in [6.07, 6.45) is 4.04. The van der Waals surface area contributed by atoms with Gasteiger partial charge in [0.1, 0.15) is 6.61 Å². The maximum absolute atomic E-state index is 11.8. The zero-order valence-corrected chi connectivity index (χ0v) is 15.1. The van der Waals surface area contributed by atoms with Crippen LogP contribution in [0.25, 0.3) is 0 Å². The fraction of sp³-hybridized carbons (Fsp3) is 0.429. The molecule has 0 unspecified atom stereocenters. The summed E-state index contributed by atoms with van der Waals surface area (Å²) < 4.78 is 5.76. The molecule has 2 atom stereocenters. The smallest absolute Gasteiger partial charge is 0.314 e. The Labute approximate surface area is 158 Å². The van der Waals surface area contributed by atoms with Crippen molar-refractivity contribution < 1.29 is 14.8 Å². The number of fused-ring (bicyclic) bond motifs is 1. The van der Waals surface area contributed by atoms with Gasteiger partial charge >= 0.3 is 5.69 Å². The van der Waals surface area contributed by atoms with Crippen LogP contribution >= 0.6 is 0 Å². The highest BCUT2D eigenvalue weighted by atomic mass is 16.6. The lowest BCUT2D eigenvalue weighted by Gasteiger charge is -2.37. The van der Waals surface area contributed by atoms with Crippen molar-refractivity contribution in [3.63, 3.8) is 0 Å². The van der Waals surface area contributed by atoms with Crippen LogP contribution in [0.2, 0.25) is 0 Å². The van der Waals surface area contributed by atoms with Gasteiger partial charge in [-0.25, -0.2) is 0 Å². The molecule has 0 amide bonds. The van der Waals surface area contributed by atoms with Crippen molar-refractivity contribution in [3.05, 3.63) is 69.3 Å². The SMILES string of the molecule is O=[N+]([O-])c1c(OCc2ccccc2)ccc2c1CC[C@@H](NC1CCC1)[C@@H]2O. The van der Waals surface area contributed by atoms with E-state index in [2.05, 4.69) is 5.32 Å². The van der Waals surface area contributed by atoms with Crippen molar-refractivity contribution in [1.82, 2.24) is 5.32 Å². The minimum Gasteiger partial charge on any atom is -0.482 e. The molecule has 0 spiro atoms.